The Labute approximate surface area is 133 Å². The molecule has 0 unspecified atom stereocenters. The summed E-state index contributed by atoms with van der Waals surface area (Å²) in [4.78, 5) is 11.8. The van der Waals surface area contributed by atoms with Gasteiger partial charge in [-0.05, 0) is 36.9 Å². The Morgan fingerprint density at radius 1 is 1.14 bits per heavy atom. The largest absolute Gasteiger partial charge is 0.488 e. The molecule has 5 heteroatoms. The van der Waals surface area contributed by atoms with Crippen molar-refractivity contribution in [2.75, 3.05) is 5.32 Å². The molecule has 0 aliphatic heterocycles. The molecule has 0 spiro atoms. The fraction of sp³-hybridized carbons (Fsp3) is 0.471. The molecule has 0 heterocycles. The number of anilines is 1. The number of allylic oxidation sites excluding steroid dienone is 1. The van der Waals surface area contributed by atoms with Gasteiger partial charge in [-0.1, -0.05) is 43.9 Å². The minimum absolute atomic E-state index is 0.0313. The van der Waals surface area contributed by atoms with Gasteiger partial charge in [0.05, 0.1) is 0 Å². The summed E-state index contributed by atoms with van der Waals surface area (Å²) in [6.07, 6.45) is 10.3. The molecule has 120 valence electrons. The first-order chi connectivity index (χ1) is 10.6. The molecule has 1 aromatic carbocycles. The van der Waals surface area contributed by atoms with E-state index in [9.17, 15) is 4.79 Å². The van der Waals surface area contributed by atoms with Crippen LogP contribution < -0.4 is 10.8 Å². The zero-order valence-corrected chi connectivity index (χ0v) is 13.1. The maximum atomic E-state index is 11.8. The smallest absolute Gasteiger partial charge is 0.423 e. The van der Waals surface area contributed by atoms with E-state index >= 15 is 0 Å². The molecule has 3 N–H and O–H groups in total. The molecule has 4 nitrogen and oxygen atoms in total. The monoisotopic (exact) mass is 303 g/mol. The molecule has 0 saturated carbocycles. The summed E-state index contributed by atoms with van der Waals surface area (Å²) in [6.45, 7) is 3.70. The molecule has 0 aliphatic carbocycles. The van der Waals surface area contributed by atoms with Crippen LogP contribution in [0.15, 0.2) is 36.9 Å². The van der Waals surface area contributed by atoms with E-state index < -0.39 is 7.12 Å². The van der Waals surface area contributed by atoms with Gasteiger partial charge in [0.2, 0.25) is 5.91 Å². The summed E-state index contributed by atoms with van der Waals surface area (Å²) >= 11 is 0. The highest BCUT2D eigenvalue weighted by Gasteiger charge is 2.11. The molecule has 0 aromatic heterocycles. The van der Waals surface area contributed by atoms with Gasteiger partial charge < -0.3 is 15.4 Å². The van der Waals surface area contributed by atoms with Gasteiger partial charge in [-0.2, -0.15) is 0 Å². The van der Waals surface area contributed by atoms with Crippen LogP contribution in [-0.4, -0.2) is 23.1 Å². The number of unbranched alkanes of at least 4 members (excludes halogenated alkanes) is 6. The third-order valence-electron chi connectivity index (χ3n) is 3.53. The summed E-state index contributed by atoms with van der Waals surface area (Å²) in [5.41, 5.74) is 0.970. The van der Waals surface area contributed by atoms with Crippen molar-refractivity contribution in [3.05, 3.63) is 36.9 Å². The molecule has 0 fully saturated rings. The quantitative estimate of drug-likeness (QED) is 0.334. The number of benzene rings is 1. The predicted octanol–water partition coefficient (Wildman–Crippen LogP) is 2.61. The zero-order valence-electron chi connectivity index (χ0n) is 13.1. The molecular formula is C17H26BNO3. The number of hydrogen-bond donors (Lipinski definition) is 3. The Bertz CT molecular complexity index is 463. The average Bonchev–Trinajstić information content (AvgIpc) is 2.50. The first-order valence-corrected chi connectivity index (χ1v) is 8.00. The second-order valence-corrected chi connectivity index (χ2v) is 5.50. The minimum atomic E-state index is -1.52. The van der Waals surface area contributed by atoms with Crippen molar-refractivity contribution in [3.63, 3.8) is 0 Å². The number of carbonyl (C=O) groups is 1. The molecule has 0 aliphatic rings. The summed E-state index contributed by atoms with van der Waals surface area (Å²) in [6, 6.07) is 6.60. The van der Waals surface area contributed by atoms with Gasteiger partial charge in [0.15, 0.2) is 0 Å². The normalized spacial score (nSPS) is 10.3. The highest BCUT2D eigenvalue weighted by Crippen LogP contribution is 2.10. The van der Waals surface area contributed by atoms with E-state index in [-0.39, 0.29) is 5.91 Å². The average molecular weight is 303 g/mol. The lowest BCUT2D eigenvalue weighted by Crippen LogP contribution is -2.30. The van der Waals surface area contributed by atoms with Crippen LogP contribution in [0.2, 0.25) is 0 Å². The van der Waals surface area contributed by atoms with E-state index in [0.29, 0.717) is 17.6 Å². The molecule has 1 rings (SSSR count). The van der Waals surface area contributed by atoms with Crippen LogP contribution in [-0.2, 0) is 4.79 Å². The van der Waals surface area contributed by atoms with Crippen molar-refractivity contribution < 1.29 is 14.8 Å². The fourth-order valence-electron chi connectivity index (χ4n) is 2.28. The maximum Gasteiger partial charge on any atom is 0.488 e. The van der Waals surface area contributed by atoms with Crippen molar-refractivity contribution in [1.29, 1.82) is 0 Å². The van der Waals surface area contributed by atoms with E-state index in [4.69, 9.17) is 10.0 Å². The van der Waals surface area contributed by atoms with Gasteiger partial charge in [0.25, 0.3) is 0 Å². The van der Waals surface area contributed by atoms with Crippen LogP contribution in [0.1, 0.15) is 51.4 Å². The van der Waals surface area contributed by atoms with Crippen LogP contribution in [0.25, 0.3) is 0 Å². The number of rotatable bonds is 11. The zero-order chi connectivity index (χ0) is 16.2. The molecule has 0 saturated heterocycles. The standard InChI is InChI=1S/C17H26BNO3/c1-2-3-4-5-6-7-8-9-13-17(20)19-16-12-10-11-15(14-16)18(21)22/h2,10-12,14,21-22H,1,3-9,13H2,(H,19,20). The molecule has 0 atom stereocenters. The van der Waals surface area contributed by atoms with Crippen molar-refractivity contribution >= 4 is 24.2 Å². The Morgan fingerprint density at radius 2 is 1.82 bits per heavy atom. The van der Waals surface area contributed by atoms with Crippen LogP contribution in [0.4, 0.5) is 5.69 Å². The van der Waals surface area contributed by atoms with Crippen LogP contribution >= 0.6 is 0 Å². The minimum Gasteiger partial charge on any atom is -0.423 e. The second kappa shape index (κ2) is 11.0. The van der Waals surface area contributed by atoms with Gasteiger partial charge in [-0.25, -0.2) is 0 Å². The van der Waals surface area contributed by atoms with Gasteiger partial charge in [0.1, 0.15) is 0 Å². The summed E-state index contributed by atoms with van der Waals surface area (Å²) in [5, 5.41) is 21.0. The summed E-state index contributed by atoms with van der Waals surface area (Å²) in [7, 11) is -1.52. The number of hydrogen-bond acceptors (Lipinski definition) is 3. The molecule has 1 aromatic rings. The van der Waals surface area contributed by atoms with Gasteiger partial charge in [-0.15, -0.1) is 6.58 Å². The topological polar surface area (TPSA) is 69.6 Å². The van der Waals surface area contributed by atoms with Gasteiger partial charge in [0, 0.05) is 12.1 Å². The lowest BCUT2D eigenvalue weighted by molar-refractivity contribution is -0.116. The Morgan fingerprint density at radius 3 is 2.50 bits per heavy atom. The second-order valence-electron chi connectivity index (χ2n) is 5.50. The highest BCUT2D eigenvalue weighted by molar-refractivity contribution is 6.58. The Kier molecular flexibility index (Phi) is 9.27. The Hall–Kier alpha value is -1.59. The van der Waals surface area contributed by atoms with E-state index in [1.165, 1.54) is 19.3 Å². The first-order valence-electron chi connectivity index (χ1n) is 8.00. The van der Waals surface area contributed by atoms with Crippen LogP contribution in [0, 0.1) is 0 Å². The lowest BCUT2D eigenvalue weighted by Gasteiger charge is -2.07. The van der Waals surface area contributed by atoms with Gasteiger partial charge in [-0.3, -0.25) is 4.79 Å². The van der Waals surface area contributed by atoms with Crippen molar-refractivity contribution in [2.45, 2.75) is 51.4 Å². The lowest BCUT2D eigenvalue weighted by atomic mass is 9.80. The molecule has 1 amide bonds. The number of carbonyl (C=O) groups excluding carboxylic acids is 1. The SMILES string of the molecule is C=CCCCCCCCCC(=O)Nc1cccc(B(O)O)c1. The highest BCUT2D eigenvalue weighted by atomic mass is 16.4. The summed E-state index contributed by atoms with van der Waals surface area (Å²) < 4.78 is 0. The fourth-order valence-corrected chi connectivity index (χ4v) is 2.28. The van der Waals surface area contributed by atoms with Crippen LogP contribution in [0.5, 0.6) is 0 Å². The van der Waals surface area contributed by atoms with E-state index in [1.807, 2.05) is 6.08 Å². The predicted molar refractivity (Wildman–Crippen MR) is 92.0 cm³/mol. The van der Waals surface area contributed by atoms with Gasteiger partial charge >= 0.3 is 7.12 Å². The van der Waals surface area contributed by atoms with Crippen LogP contribution in [0.3, 0.4) is 0 Å². The maximum absolute atomic E-state index is 11.8. The Balaban J connectivity index is 2.16. The van der Waals surface area contributed by atoms with Crippen molar-refractivity contribution in [1.82, 2.24) is 0 Å². The van der Waals surface area contributed by atoms with Crippen molar-refractivity contribution in [2.24, 2.45) is 0 Å². The van der Waals surface area contributed by atoms with Crippen molar-refractivity contribution in [3.8, 4) is 0 Å². The van der Waals surface area contributed by atoms with E-state index in [1.54, 1.807) is 24.3 Å². The molecule has 22 heavy (non-hydrogen) atoms. The summed E-state index contributed by atoms with van der Waals surface area (Å²) in [5.74, 6) is -0.0313. The number of nitrogens with one attached hydrogen (secondary N) is 1. The molecule has 0 bridgehead atoms. The third-order valence-corrected chi connectivity index (χ3v) is 3.53. The number of amides is 1. The molecule has 0 radical (unpaired) electrons. The first kappa shape index (κ1) is 18.5. The van der Waals surface area contributed by atoms with E-state index in [2.05, 4.69) is 11.9 Å². The van der Waals surface area contributed by atoms with E-state index in [0.717, 1.165) is 25.7 Å². The third kappa shape index (κ3) is 8.00. The molecular weight excluding hydrogens is 277 g/mol.